The minimum atomic E-state index is -0.340. The average Bonchev–Trinajstić information content (AvgIpc) is 2.66. The molecule has 0 amide bonds. The molecular formula is C12H19N3O. The lowest BCUT2D eigenvalue weighted by atomic mass is 9.82. The van der Waals surface area contributed by atoms with Gasteiger partial charge in [-0.05, 0) is 25.7 Å². The quantitative estimate of drug-likeness (QED) is 0.833. The standard InChI is InChI=1S/C12H19N3O/c13-12(7-2-1-3-8-12)11-14-10(15-16-11)9-5-4-6-9/h9H,1-8,13H2. The lowest BCUT2D eigenvalue weighted by molar-refractivity contribution is 0.219. The summed E-state index contributed by atoms with van der Waals surface area (Å²) in [5.41, 5.74) is 6.02. The molecule has 0 radical (unpaired) electrons. The lowest BCUT2D eigenvalue weighted by Crippen LogP contribution is -2.39. The third-order valence-electron chi connectivity index (χ3n) is 4.08. The fourth-order valence-electron chi connectivity index (χ4n) is 2.67. The number of aromatic nitrogens is 2. The van der Waals surface area contributed by atoms with Gasteiger partial charge in [-0.1, -0.05) is 30.8 Å². The van der Waals surface area contributed by atoms with E-state index >= 15 is 0 Å². The zero-order chi connectivity index (χ0) is 11.0. The van der Waals surface area contributed by atoms with E-state index in [2.05, 4.69) is 10.1 Å². The van der Waals surface area contributed by atoms with Crippen molar-refractivity contribution in [1.29, 1.82) is 0 Å². The van der Waals surface area contributed by atoms with Crippen LogP contribution in [0.15, 0.2) is 4.52 Å². The second-order valence-electron chi connectivity index (χ2n) is 5.30. The Morgan fingerprint density at radius 1 is 1.12 bits per heavy atom. The van der Waals surface area contributed by atoms with Crippen molar-refractivity contribution in [3.63, 3.8) is 0 Å². The highest BCUT2D eigenvalue weighted by Crippen LogP contribution is 2.37. The smallest absolute Gasteiger partial charge is 0.246 e. The van der Waals surface area contributed by atoms with Crippen LogP contribution < -0.4 is 5.73 Å². The van der Waals surface area contributed by atoms with Gasteiger partial charge in [0.1, 0.15) is 0 Å². The first kappa shape index (κ1) is 10.3. The van der Waals surface area contributed by atoms with Crippen LogP contribution in [-0.4, -0.2) is 10.1 Å². The van der Waals surface area contributed by atoms with Crippen molar-refractivity contribution in [3.05, 3.63) is 11.7 Å². The molecule has 0 atom stereocenters. The maximum absolute atomic E-state index is 6.36. The first-order valence-corrected chi connectivity index (χ1v) is 6.41. The summed E-state index contributed by atoms with van der Waals surface area (Å²) in [6, 6.07) is 0. The van der Waals surface area contributed by atoms with Crippen LogP contribution in [0.2, 0.25) is 0 Å². The maximum Gasteiger partial charge on any atom is 0.246 e. The molecule has 2 saturated carbocycles. The Morgan fingerprint density at radius 3 is 2.50 bits per heavy atom. The van der Waals surface area contributed by atoms with E-state index < -0.39 is 0 Å². The van der Waals surface area contributed by atoms with Gasteiger partial charge in [-0.15, -0.1) is 0 Å². The van der Waals surface area contributed by atoms with Crippen LogP contribution in [0.4, 0.5) is 0 Å². The largest absolute Gasteiger partial charge is 0.337 e. The summed E-state index contributed by atoms with van der Waals surface area (Å²) in [6.45, 7) is 0. The molecule has 88 valence electrons. The number of hydrogen-bond donors (Lipinski definition) is 1. The van der Waals surface area contributed by atoms with E-state index in [9.17, 15) is 0 Å². The van der Waals surface area contributed by atoms with E-state index in [1.54, 1.807) is 0 Å². The first-order chi connectivity index (χ1) is 7.78. The van der Waals surface area contributed by atoms with E-state index in [0.29, 0.717) is 11.8 Å². The van der Waals surface area contributed by atoms with Gasteiger partial charge < -0.3 is 10.3 Å². The summed E-state index contributed by atoms with van der Waals surface area (Å²) < 4.78 is 5.38. The van der Waals surface area contributed by atoms with Crippen LogP contribution in [0.25, 0.3) is 0 Å². The molecule has 0 unspecified atom stereocenters. The van der Waals surface area contributed by atoms with Crippen molar-refractivity contribution in [2.75, 3.05) is 0 Å². The number of rotatable bonds is 2. The van der Waals surface area contributed by atoms with Crippen LogP contribution >= 0.6 is 0 Å². The average molecular weight is 221 g/mol. The van der Waals surface area contributed by atoms with Gasteiger partial charge in [0.2, 0.25) is 5.89 Å². The molecule has 1 aromatic heterocycles. The van der Waals surface area contributed by atoms with Gasteiger partial charge in [0.25, 0.3) is 0 Å². The summed E-state index contributed by atoms with van der Waals surface area (Å²) in [5, 5.41) is 4.09. The molecule has 4 nitrogen and oxygen atoms in total. The molecule has 0 aromatic carbocycles. The van der Waals surface area contributed by atoms with Crippen molar-refractivity contribution in [3.8, 4) is 0 Å². The van der Waals surface area contributed by atoms with Crippen LogP contribution in [-0.2, 0) is 5.54 Å². The van der Waals surface area contributed by atoms with E-state index in [1.807, 2.05) is 0 Å². The molecule has 16 heavy (non-hydrogen) atoms. The number of nitrogens with two attached hydrogens (primary N) is 1. The molecule has 1 heterocycles. The highest BCUT2D eigenvalue weighted by atomic mass is 16.5. The molecule has 2 fully saturated rings. The van der Waals surface area contributed by atoms with Gasteiger partial charge in [-0.3, -0.25) is 0 Å². The predicted octanol–water partition coefficient (Wildman–Crippen LogP) is 2.46. The van der Waals surface area contributed by atoms with Crippen molar-refractivity contribution in [2.24, 2.45) is 5.73 Å². The highest BCUT2D eigenvalue weighted by Gasteiger charge is 2.36. The minimum absolute atomic E-state index is 0.340. The third kappa shape index (κ3) is 1.65. The Bertz CT molecular complexity index is 364. The summed E-state index contributed by atoms with van der Waals surface area (Å²) in [7, 11) is 0. The monoisotopic (exact) mass is 221 g/mol. The van der Waals surface area contributed by atoms with Crippen molar-refractivity contribution in [2.45, 2.75) is 62.8 Å². The van der Waals surface area contributed by atoms with E-state index in [-0.39, 0.29) is 5.54 Å². The topological polar surface area (TPSA) is 64.9 Å². The number of nitrogens with zero attached hydrogens (tertiary/aromatic N) is 2. The van der Waals surface area contributed by atoms with Crippen LogP contribution in [0.5, 0.6) is 0 Å². The molecular weight excluding hydrogens is 202 g/mol. The van der Waals surface area contributed by atoms with Gasteiger partial charge in [-0.2, -0.15) is 4.98 Å². The van der Waals surface area contributed by atoms with Gasteiger partial charge in [0, 0.05) is 5.92 Å². The Balaban J connectivity index is 1.79. The molecule has 1 aromatic rings. The van der Waals surface area contributed by atoms with Gasteiger partial charge in [0.05, 0.1) is 5.54 Å². The number of hydrogen-bond acceptors (Lipinski definition) is 4. The Hall–Kier alpha value is -0.900. The van der Waals surface area contributed by atoms with Gasteiger partial charge in [-0.25, -0.2) is 0 Å². The normalized spacial score (nSPS) is 25.3. The fourth-order valence-corrected chi connectivity index (χ4v) is 2.67. The SMILES string of the molecule is NC1(c2nc(C3CCC3)no2)CCCCC1. The van der Waals surface area contributed by atoms with Crippen molar-refractivity contribution < 1.29 is 4.52 Å². The lowest BCUT2D eigenvalue weighted by Gasteiger charge is -2.29. The first-order valence-electron chi connectivity index (χ1n) is 6.41. The van der Waals surface area contributed by atoms with Gasteiger partial charge >= 0.3 is 0 Å². The molecule has 2 aliphatic rings. The molecule has 2 N–H and O–H groups in total. The summed E-state index contributed by atoms with van der Waals surface area (Å²) >= 11 is 0. The summed E-state index contributed by atoms with van der Waals surface area (Å²) in [5.74, 6) is 2.09. The molecule has 4 heteroatoms. The Kier molecular flexibility index (Phi) is 2.46. The molecule has 0 aliphatic heterocycles. The minimum Gasteiger partial charge on any atom is -0.337 e. The highest BCUT2D eigenvalue weighted by molar-refractivity contribution is 5.07. The van der Waals surface area contributed by atoms with E-state index in [0.717, 1.165) is 18.7 Å². The van der Waals surface area contributed by atoms with Crippen molar-refractivity contribution in [1.82, 2.24) is 10.1 Å². The second kappa shape index (κ2) is 3.84. The van der Waals surface area contributed by atoms with Gasteiger partial charge in [0.15, 0.2) is 5.82 Å². The van der Waals surface area contributed by atoms with Crippen LogP contribution in [0.1, 0.15) is 69.0 Å². The van der Waals surface area contributed by atoms with Crippen LogP contribution in [0.3, 0.4) is 0 Å². The molecule has 0 spiro atoms. The zero-order valence-electron chi connectivity index (χ0n) is 9.61. The van der Waals surface area contributed by atoms with Crippen LogP contribution in [0, 0.1) is 0 Å². The molecule has 2 aliphatic carbocycles. The summed E-state index contributed by atoms with van der Waals surface area (Å²) in [6.07, 6.45) is 9.31. The fraction of sp³-hybridized carbons (Fsp3) is 0.833. The van der Waals surface area contributed by atoms with Crippen molar-refractivity contribution >= 4 is 0 Å². The molecule has 0 bridgehead atoms. The second-order valence-corrected chi connectivity index (χ2v) is 5.30. The zero-order valence-corrected chi connectivity index (χ0v) is 9.61. The Morgan fingerprint density at radius 2 is 1.88 bits per heavy atom. The molecule has 0 saturated heterocycles. The Labute approximate surface area is 95.6 Å². The maximum atomic E-state index is 6.36. The predicted molar refractivity (Wildman–Crippen MR) is 59.8 cm³/mol. The van der Waals surface area contributed by atoms with E-state index in [1.165, 1.54) is 38.5 Å². The molecule has 3 rings (SSSR count). The summed E-state index contributed by atoms with van der Waals surface area (Å²) in [4.78, 5) is 4.52. The third-order valence-corrected chi connectivity index (χ3v) is 4.08. The van der Waals surface area contributed by atoms with E-state index in [4.69, 9.17) is 10.3 Å².